The van der Waals surface area contributed by atoms with Crippen molar-refractivity contribution in [2.45, 2.75) is 32.1 Å². The van der Waals surface area contributed by atoms with Crippen LogP contribution in [0.4, 0.5) is 5.69 Å². The van der Waals surface area contributed by atoms with Crippen LogP contribution in [0, 0.1) is 16.7 Å². The summed E-state index contributed by atoms with van der Waals surface area (Å²) < 4.78 is 5.22. The lowest BCUT2D eigenvalue weighted by atomic mass is 9.63. The fraction of sp³-hybridized carbons (Fsp3) is 0.500. The fourth-order valence-corrected chi connectivity index (χ4v) is 4.08. The first kappa shape index (κ1) is 15.0. The van der Waals surface area contributed by atoms with E-state index < -0.39 is 0 Å². The molecule has 24 heavy (non-hydrogen) atoms. The van der Waals surface area contributed by atoms with Crippen LogP contribution in [-0.4, -0.2) is 30.2 Å². The molecule has 1 N–H and O–H groups in total. The highest BCUT2D eigenvalue weighted by molar-refractivity contribution is 5.94. The van der Waals surface area contributed by atoms with Gasteiger partial charge in [0.1, 0.15) is 11.6 Å². The quantitative estimate of drug-likeness (QED) is 0.918. The summed E-state index contributed by atoms with van der Waals surface area (Å²) in [7, 11) is 1.56. The van der Waals surface area contributed by atoms with Crippen molar-refractivity contribution >= 4 is 16.6 Å². The van der Waals surface area contributed by atoms with Crippen LogP contribution in [0.25, 0.3) is 10.9 Å². The Labute approximate surface area is 140 Å². The summed E-state index contributed by atoms with van der Waals surface area (Å²) in [4.78, 5) is 21.4. The van der Waals surface area contributed by atoms with Crippen molar-refractivity contribution < 1.29 is 4.74 Å². The first-order valence-electron chi connectivity index (χ1n) is 8.41. The number of ether oxygens (including phenoxy) is 1. The van der Waals surface area contributed by atoms with Crippen molar-refractivity contribution in [2.75, 3.05) is 25.1 Å². The van der Waals surface area contributed by atoms with Gasteiger partial charge in [0, 0.05) is 24.5 Å². The van der Waals surface area contributed by atoms with Gasteiger partial charge < -0.3 is 14.6 Å². The first-order chi connectivity index (χ1) is 11.7. The number of aromatic nitrogens is 2. The SMILES string of the molecule is COc1cc2c(N3CCC4(CCC4)CC3)c(C#N)c(=O)[nH]c2cn1. The van der Waals surface area contributed by atoms with Crippen molar-refractivity contribution in [3.8, 4) is 11.9 Å². The molecule has 1 spiro atoms. The average molecular weight is 324 g/mol. The third-order valence-corrected chi connectivity index (χ3v) is 5.72. The van der Waals surface area contributed by atoms with E-state index in [0.29, 0.717) is 16.8 Å². The van der Waals surface area contributed by atoms with Gasteiger partial charge in [0.05, 0.1) is 24.5 Å². The molecule has 2 fully saturated rings. The van der Waals surface area contributed by atoms with Crippen molar-refractivity contribution in [2.24, 2.45) is 5.41 Å². The number of methoxy groups -OCH3 is 1. The molecule has 1 saturated carbocycles. The number of piperidine rings is 1. The third-order valence-electron chi connectivity index (χ3n) is 5.72. The summed E-state index contributed by atoms with van der Waals surface area (Å²) in [6.07, 6.45) is 7.83. The lowest BCUT2D eigenvalue weighted by Gasteiger charge is -2.48. The van der Waals surface area contributed by atoms with Crippen molar-refractivity contribution in [1.82, 2.24) is 9.97 Å². The summed E-state index contributed by atoms with van der Waals surface area (Å²) in [6, 6.07) is 3.89. The van der Waals surface area contributed by atoms with Gasteiger partial charge in [0.15, 0.2) is 0 Å². The molecule has 1 saturated heterocycles. The van der Waals surface area contributed by atoms with Gasteiger partial charge in [-0.05, 0) is 31.1 Å². The Morgan fingerprint density at radius 2 is 2.08 bits per heavy atom. The Balaban J connectivity index is 1.83. The molecular formula is C18H20N4O2. The number of nitrogens with zero attached hydrogens (tertiary/aromatic N) is 3. The predicted molar refractivity (Wildman–Crippen MR) is 91.4 cm³/mol. The molecule has 1 aliphatic carbocycles. The molecular weight excluding hydrogens is 304 g/mol. The molecule has 1 aliphatic heterocycles. The molecule has 0 unspecified atom stereocenters. The molecule has 0 radical (unpaired) electrons. The van der Waals surface area contributed by atoms with Crippen molar-refractivity contribution in [3.63, 3.8) is 0 Å². The molecule has 6 nitrogen and oxygen atoms in total. The second-order valence-electron chi connectivity index (χ2n) is 6.90. The van der Waals surface area contributed by atoms with Crippen LogP contribution in [0.3, 0.4) is 0 Å². The van der Waals surface area contributed by atoms with Crippen molar-refractivity contribution in [3.05, 3.63) is 28.2 Å². The zero-order valence-corrected chi connectivity index (χ0v) is 13.8. The second-order valence-corrected chi connectivity index (χ2v) is 6.90. The van der Waals surface area contributed by atoms with Crippen molar-refractivity contribution in [1.29, 1.82) is 5.26 Å². The highest BCUT2D eigenvalue weighted by Gasteiger charge is 2.40. The molecule has 4 rings (SSSR count). The first-order valence-corrected chi connectivity index (χ1v) is 8.41. The van der Waals surface area contributed by atoms with E-state index in [1.165, 1.54) is 19.3 Å². The molecule has 0 aromatic carbocycles. The molecule has 2 aromatic heterocycles. The van der Waals surface area contributed by atoms with E-state index in [1.807, 2.05) is 0 Å². The van der Waals surface area contributed by atoms with Gasteiger partial charge in [0.2, 0.25) is 5.88 Å². The van der Waals surface area contributed by atoms with E-state index in [1.54, 1.807) is 19.4 Å². The lowest BCUT2D eigenvalue weighted by Crippen LogP contribution is -2.44. The molecule has 0 amide bonds. The number of rotatable bonds is 2. The summed E-state index contributed by atoms with van der Waals surface area (Å²) >= 11 is 0. The minimum absolute atomic E-state index is 0.181. The Morgan fingerprint density at radius 1 is 1.33 bits per heavy atom. The van der Waals surface area contributed by atoms with E-state index in [4.69, 9.17) is 4.74 Å². The third kappa shape index (κ3) is 2.23. The van der Waals surface area contributed by atoms with Gasteiger partial charge in [0.25, 0.3) is 5.56 Å². The Kier molecular flexibility index (Phi) is 3.45. The summed E-state index contributed by atoms with van der Waals surface area (Å²) in [6.45, 7) is 1.77. The van der Waals surface area contributed by atoms with Crippen LogP contribution < -0.4 is 15.2 Å². The molecule has 2 aromatic rings. The number of aromatic amines is 1. The Bertz CT molecular complexity index is 882. The van der Waals surface area contributed by atoms with E-state index in [2.05, 4.69) is 20.9 Å². The number of hydrogen-bond donors (Lipinski definition) is 1. The normalized spacial score (nSPS) is 19.1. The zero-order chi connectivity index (χ0) is 16.7. The maximum atomic E-state index is 12.3. The lowest BCUT2D eigenvalue weighted by molar-refractivity contribution is 0.0956. The number of nitriles is 1. The maximum Gasteiger partial charge on any atom is 0.268 e. The van der Waals surface area contributed by atoms with Gasteiger partial charge in [-0.3, -0.25) is 4.79 Å². The zero-order valence-electron chi connectivity index (χ0n) is 13.8. The van der Waals surface area contributed by atoms with Gasteiger partial charge in [-0.25, -0.2) is 4.98 Å². The number of nitrogens with one attached hydrogen (secondary N) is 1. The monoisotopic (exact) mass is 324 g/mol. The average Bonchev–Trinajstić information content (AvgIpc) is 2.59. The smallest absolute Gasteiger partial charge is 0.268 e. The minimum Gasteiger partial charge on any atom is -0.481 e. The number of anilines is 1. The standard InChI is InChI=1S/C18H20N4O2/c1-24-15-9-12-14(11-20-15)21-17(23)13(10-19)16(12)22-7-5-18(6-8-22)3-2-4-18/h9,11H,2-8H2,1H3,(H,21,23). The molecule has 6 heteroatoms. The van der Waals surface area contributed by atoms with Crippen LogP contribution in [0.2, 0.25) is 0 Å². The molecule has 124 valence electrons. The fourth-order valence-electron chi connectivity index (χ4n) is 4.08. The van der Waals surface area contributed by atoms with Crippen LogP contribution in [-0.2, 0) is 0 Å². The van der Waals surface area contributed by atoms with Gasteiger partial charge in [-0.1, -0.05) is 6.42 Å². The number of pyridine rings is 2. The topological polar surface area (TPSA) is 82.0 Å². The van der Waals surface area contributed by atoms with Gasteiger partial charge in [-0.15, -0.1) is 0 Å². The highest BCUT2D eigenvalue weighted by atomic mass is 16.5. The van der Waals surface area contributed by atoms with Crippen LogP contribution in [0.5, 0.6) is 5.88 Å². The minimum atomic E-state index is -0.351. The number of H-pyrrole nitrogens is 1. The molecule has 0 atom stereocenters. The van der Waals surface area contributed by atoms with Crippen LogP contribution >= 0.6 is 0 Å². The second kappa shape index (κ2) is 5.52. The van der Waals surface area contributed by atoms with E-state index in [0.717, 1.165) is 37.0 Å². The van der Waals surface area contributed by atoms with Crippen LogP contribution in [0.15, 0.2) is 17.1 Å². The van der Waals surface area contributed by atoms with E-state index in [-0.39, 0.29) is 11.1 Å². The largest absolute Gasteiger partial charge is 0.481 e. The van der Waals surface area contributed by atoms with Gasteiger partial charge in [-0.2, -0.15) is 5.26 Å². The summed E-state index contributed by atoms with van der Waals surface area (Å²) in [5.74, 6) is 0.479. The van der Waals surface area contributed by atoms with Crippen LogP contribution in [0.1, 0.15) is 37.7 Å². The summed E-state index contributed by atoms with van der Waals surface area (Å²) in [5, 5.41) is 10.4. The molecule has 3 heterocycles. The highest BCUT2D eigenvalue weighted by Crippen LogP contribution is 2.49. The molecule has 2 aliphatic rings. The van der Waals surface area contributed by atoms with Gasteiger partial charge >= 0.3 is 0 Å². The number of fused-ring (bicyclic) bond motifs is 1. The molecule has 0 bridgehead atoms. The Hall–Kier alpha value is -2.55. The van der Waals surface area contributed by atoms with E-state index >= 15 is 0 Å². The predicted octanol–water partition coefficient (Wildman–Crippen LogP) is 2.57. The maximum absolute atomic E-state index is 12.3. The Morgan fingerprint density at radius 3 is 2.67 bits per heavy atom. The number of hydrogen-bond acceptors (Lipinski definition) is 5. The van der Waals surface area contributed by atoms with E-state index in [9.17, 15) is 10.1 Å². The summed E-state index contributed by atoms with van der Waals surface area (Å²) in [5.41, 5.74) is 1.71.